The van der Waals surface area contributed by atoms with E-state index in [1.807, 2.05) is 11.3 Å². The fraction of sp³-hybridized carbons (Fsp3) is 0.0357. The molecule has 3 heteroatoms. The highest BCUT2D eigenvalue weighted by Gasteiger charge is 2.20. The van der Waals surface area contributed by atoms with Crippen molar-refractivity contribution in [3.8, 4) is 11.1 Å². The van der Waals surface area contributed by atoms with E-state index in [1.54, 1.807) is 0 Å². The summed E-state index contributed by atoms with van der Waals surface area (Å²) in [7, 11) is 0. The maximum atomic E-state index is 2.47. The van der Waals surface area contributed by atoms with Crippen molar-refractivity contribution >= 4 is 97.6 Å². The first kappa shape index (κ1) is 33.9. The van der Waals surface area contributed by atoms with Gasteiger partial charge in [0.25, 0.3) is 0 Å². The summed E-state index contributed by atoms with van der Waals surface area (Å²) in [5.41, 5.74) is 11.0. The Bertz CT molecular complexity index is 3470. The Morgan fingerprint density at radius 3 is 1.92 bits per heavy atom. The lowest BCUT2D eigenvalue weighted by Crippen LogP contribution is -2.10. The predicted octanol–water partition coefficient (Wildman–Crippen LogP) is 16.2. The van der Waals surface area contributed by atoms with Gasteiger partial charge in [0.2, 0.25) is 0 Å². The van der Waals surface area contributed by atoms with Gasteiger partial charge in [-0.3, -0.25) is 0 Å². The maximum absolute atomic E-state index is 2.47. The quantitative estimate of drug-likeness (QED) is 0.163. The fourth-order valence-electron chi connectivity index (χ4n) is 9.46. The molecule has 1 aliphatic rings. The topological polar surface area (TPSA) is 8.17 Å². The van der Waals surface area contributed by atoms with Crippen LogP contribution in [0.2, 0.25) is 0 Å². The molecule has 1 unspecified atom stereocenters. The highest BCUT2D eigenvalue weighted by Crippen LogP contribution is 2.43. The van der Waals surface area contributed by atoms with Crippen LogP contribution in [0, 0.1) is 0 Å². The lowest BCUT2D eigenvalue weighted by molar-refractivity contribution is 0.850. The van der Waals surface area contributed by atoms with Gasteiger partial charge in [-0.1, -0.05) is 152 Å². The first-order chi connectivity index (χ1) is 29.2. The van der Waals surface area contributed by atoms with Gasteiger partial charge < -0.3 is 9.47 Å². The smallest absolute Gasteiger partial charge is 0.0619 e. The lowest BCUT2D eigenvalue weighted by atomic mass is 9.91. The number of rotatable bonds is 6. The molecule has 0 amide bonds. The monoisotopic (exact) mass is 770 g/mol. The van der Waals surface area contributed by atoms with Crippen molar-refractivity contribution in [3.05, 3.63) is 218 Å². The molecule has 12 rings (SSSR count). The number of hydrogen-bond donors (Lipinski definition) is 0. The van der Waals surface area contributed by atoms with Gasteiger partial charge in [0.05, 0.1) is 11.0 Å². The minimum Gasteiger partial charge on any atom is -0.310 e. The van der Waals surface area contributed by atoms with Gasteiger partial charge in [-0.25, -0.2) is 0 Å². The second-order valence-corrected chi connectivity index (χ2v) is 16.7. The molecule has 0 fully saturated rings. The van der Waals surface area contributed by atoms with Crippen molar-refractivity contribution < 1.29 is 0 Å². The number of benzene rings is 9. The molecule has 2 heterocycles. The standard InChI is InChI=1S/C56H38N2S/c1-3-13-46-39(10-1)12-9-17-47(46)41-24-31-43(32-25-41)57(45-33-35-55-52(36-45)50-16-6-8-19-54(50)59-55)42-27-20-37(21-28-42)38-22-29-44(30-23-38)58-53-18-7-5-15-49(53)51-34-26-40-11-2-4-14-48(40)56(51)58/h1-22,24-36,38H,23H2. The highest BCUT2D eigenvalue weighted by molar-refractivity contribution is 7.25. The number of para-hydroxylation sites is 1. The number of aromatic nitrogens is 1. The van der Waals surface area contributed by atoms with E-state index in [0.29, 0.717) is 5.92 Å². The summed E-state index contributed by atoms with van der Waals surface area (Å²) in [6.07, 6.45) is 8.09. The maximum Gasteiger partial charge on any atom is 0.0619 e. The Labute approximate surface area is 346 Å². The SMILES string of the molecule is C1=CC(c2ccc(N(c3ccc(-c4cccc5ccccc45)cc3)c3ccc4sc5ccccc5c4c3)cc2)CC=C1n1c2ccccc2c2ccc3ccccc3c21. The van der Waals surface area contributed by atoms with Gasteiger partial charge in [-0.2, -0.15) is 0 Å². The average molecular weight is 771 g/mol. The number of anilines is 3. The van der Waals surface area contributed by atoms with E-state index in [-0.39, 0.29) is 0 Å². The number of nitrogens with zero attached hydrogens (tertiary/aromatic N) is 2. The van der Waals surface area contributed by atoms with Gasteiger partial charge in [0.15, 0.2) is 0 Å². The molecule has 9 aromatic carbocycles. The molecular formula is C56H38N2S. The van der Waals surface area contributed by atoms with Crippen molar-refractivity contribution in [2.75, 3.05) is 4.90 Å². The Morgan fingerprint density at radius 2 is 1.12 bits per heavy atom. The van der Waals surface area contributed by atoms with E-state index < -0.39 is 0 Å². The Kier molecular flexibility index (Phi) is 7.89. The van der Waals surface area contributed by atoms with E-state index in [1.165, 1.54) is 85.9 Å². The second kappa shape index (κ2) is 13.7. The molecule has 0 aliphatic heterocycles. The van der Waals surface area contributed by atoms with Gasteiger partial charge in [-0.15, -0.1) is 11.3 Å². The van der Waals surface area contributed by atoms with Crippen LogP contribution in [-0.4, -0.2) is 4.57 Å². The van der Waals surface area contributed by atoms with Crippen LogP contribution in [0.1, 0.15) is 17.9 Å². The van der Waals surface area contributed by atoms with Crippen molar-refractivity contribution in [3.63, 3.8) is 0 Å². The third kappa shape index (κ3) is 5.61. The van der Waals surface area contributed by atoms with Gasteiger partial charge in [0, 0.05) is 65.0 Å². The molecular weight excluding hydrogens is 733 g/mol. The minimum absolute atomic E-state index is 0.291. The third-order valence-corrected chi connectivity index (χ3v) is 13.5. The molecule has 278 valence electrons. The normalized spacial score (nSPS) is 14.2. The largest absolute Gasteiger partial charge is 0.310 e. The molecule has 11 aromatic rings. The zero-order chi connectivity index (χ0) is 38.9. The van der Waals surface area contributed by atoms with Crippen molar-refractivity contribution in [1.82, 2.24) is 4.57 Å². The number of allylic oxidation sites excluding steroid dienone is 4. The summed E-state index contributed by atoms with van der Waals surface area (Å²) in [5.74, 6) is 0.291. The molecule has 0 N–H and O–H groups in total. The molecule has 1 aliphatic carbocycles. The van der Waals surface area contributed by atoms with Crippen LogP contribution in [0.15, 0.2) is 212 Å². The minimum atomic E-state index is 0.291. The fourth-order valence-corrected chi connectivity index (χ4v) is 10.5. The van der Waals surface area contributed by atoms with Crippen molar-refractivity contribution in [1.29, 1.82) is 0 Å². The average Bonchev–Trinajstić information content (AvgIpc) is 3.85. The van der Waals surface area contributed by atoms with Gasteiger partial charge in [0.1, 0.15) is 0 Å². The predicted molar refractivity (Wildman–Crippen MR) is 255 cm³/mol. The summed E-state index contributed by atoms with van der Waals surface area (Å²) < 4.78 is 5.10. The Balaban J connectivity index is 0.905. The Morgan fingerprint density at radius 1 is 0.475 bits per heavy atom. The van der Waals surface area contributed by atoms with Gasteiger partial charge in [-0.05, 0) is 99.9 Å². The molecule has 2 nitrogen and oxygen atoms in total. The van der Waals surface area contributed by atoms with E-state index >= 15 is 0 Å². The lowest BCUT2D eigenvalue weighted by Gasteiger charge is -2.27. The first-order valence-corrected chi connectivity index (χ1v) is 21.3. The van der Waals surface area contributed by atoms with E-state index in [9.17, 15) is 0 Å². The van der Waals surface area contributed by atoms with Crippen LogP contribution >= 0.6 is 11.3 Å². The summed E-state index contributed by atoms with van der Waals surface area (Å²) in [4.78, 5) is 2.41. The number of thiophene rings is 1. The van der Waals surface area contributed by atoms with E-state index in [0.717, 1.165) is 23.5 Å². The third-order valence-electron chi connectivity index (χ3n) is 12.3. The molecule has 0 spiro atoms. The van der Waals surface area contributed by atoms with Crippen LogP contribution in [0.4, 0.5) is 17.1 Å². The van der Waals surface area contributed by atoms with Crippen LogP contribution in [0.5, 0.6) is 0 Å². The summed E-state index contributed by atoms with van der Waals surface area (Å²) in [6, 6.07) is 71.4. The first-order valence-electron chi connectivity index (χ1n) is 20.4. The zero-order valence-electron chi connectivity index (χ0n) is 32.3. The second-order valence-electron chi connectivity index (χ2n) is 15.6. The molecule has 0 saturated heterocycles. The van der Waals surface area contributed by atoms with Crippen LogP contribution in [-0.2, 0) is 0 Å². The summed E-state index contributed by atoms with van der Waals surface area (Å²) >= 11 is 1.86. The van der Waals surface area contributed by atoms with Crippen LogP contribution in [0.25, 0.3) is 80.3 Å². The molecule has 2 aromatic heterocycles. The summed E-state index contributed by atoms with van der Waals surface area (Å²) in [5, 5.41) is 10.3. The zero-order valence-corrected chi connectivity index (χ0v) is 33.1. The van der Waals surface area contributed by atoms with E-state index in [2.05, 4.69) is 222 Å². The molecule has 59 heavy (non-hydrogen) atoms. The summed E-state index contributed by atoms with van der Waals surface area (Å²) in [6.45, 7) is 0. The number of hydrogen-bond acceptors (Lipinski definition) is 2. The van der Waals surface area contributed by atoms with Crippen molar-refractivity contribution in [2.45, 2.75) is 12.3 Å². The van der Waals surface area contributed by atoms with Crippen molar-refractivity contribution in [2.24, 2.45) is 0 Å². The molecule has 0 saturated carbocycles. The molecule has 0 radical (unpaired) electrons. The highest BCUT2D eigenvalue weighted by atomic mass is 32.1. The number of fused-ring (bicyclic) bond motifs is 9. The molecule has 1 atom stereocenters. The Hall–Kier alpha value is -7.20. The van der Waals surface area contributed by atoms with Crippen LogP contribution in [0.3, 0.4) is 0 Å². The van der Waals surface area contributed by atoms with Gasteiger partial charge >= 0.3 is 0 Å². The van der Waals surface area contributed by atoms with Crippen LogP contribution < -0.4 is 4.90 Å². The van der Waals surface area contributed by atoms with E-state index in [4.69, 9.17) is 0 Å². The molecule has 0 bridgehead atoms.